The second-order valence-corrected chi connectivity index (χ2v) is 5.90. The SMILES string of the molecule is O=c1c2cccnc2n(-c2cccc(NO)c2)c(=O)n1Cc1ccncc1. The van der Waals surface area contributed by atoms with E-state index in [0.29, 0.717) is 16.8 Å². The van der Waals surface area contributed by atoms with Crippen LogP contribution in [0.1, 0.15) is 5.56 Å². The summed E-state index contributed by atoms with van der Waals surface area (Å²) in [6.45, 7) is 0.114. The number of nitrogens with zero attached hydrogens (tertiary/aromatic N) is 4. The number of rotatable bonds is 4. The first-order valence-electron chi connectivity index (χ1n) is 8.19. The Kier molecular flexibility index (Phi) is 4.23. The van der Waals surface area contributed by atoms with Crippen LogP contribution in [0.25, 0.3) is 16.7 Å². The van der Waals surface area contributed by atoms with Crippen LogP contribution >= 0.6 is 0 Å². The molecule has 3 heterocycles. The second kappa shape index (κ2) is 6.85. The van der Waals surface area contributed by atoms with Crippen molar-refractivity contribution in [2.45, 2.75) is 6.54 Å². The molecular formula is C19H15N5O3. The lowest BCUT2D eigenvalue weighted by Crippen LogP contribution is -2.40. The first kappa shape index (κ1) is 16.7. The van der Waals surface area contributed by atoms with Crippen LogP contribution in [0.5, 0.6) is 0 Å². The fourth-order valence-electron chi connectivity index (χ4n) is 2.94. The van der Waals surface area contributed by atoms with E-state index in [2.05, 4.69) is 15.4 Å². The zero-order chi connectivity index (χ0) is 18.8. The second-order valence-electron chi connectivity index (χ2n) is 5.90. The average Bonchev–Trinajstić information content (AvgIpc) is 2.72. The summed E-state index contributed by atoms with van der Waals surface area (Å²) in [6, 6.07) is 13.4. The Balaban J connectivity index is 2.03. The molecule has 0 saturated carbocycles. The molecule has 27 heavy (non-hydrogen) atoms. The molecule has 4 aromatic rings. The van der Waals surface area contributed by atoms with Crippen LogP contribution in [0, 0.1) is 0 Å². The van der Waals surface area contributed by atoms with Gasteiger partial charge in [0.05, 0.1) is 23.3 Å². The predicted molar refractivity (Wildman–Crippen MR) is 100 cm³/mol. The molecular weight excluding hydrogens is 346 g/mol. The lowest BCUT2D eigenvalue weighted by atomic mass is 10.2. The normalized spacial score (nSPS) is 10.9. The van der Waals surface area contributed by atoms with Gasteiger partial charge in [-0.05, 0) is 48.0 Å². The van der Waals surface area contributed by atoms with E-state index in [1.54, 1.807) is 60.9 Å². The number of benzene rings is 1. The molecule has 0 bridgehead atoms. The minimum absolute atomic E-state index is 0.114. The van der Waals surface area contributed by atoms with E-state index in [1.807, 2.05) is 0 Å². The Morgan fingerprint density at radius 3 is 2.59 bits per heavy atom. The maximum Gasteiger partial charge on any atom is 0.337 e. The highest BCUT2D eigenvalue weighted by molar-refractivity contribution is 5.75. The fourth-order valence-corrected chi connectivity index (χ4v) is 2.94. The molecule has 0 fully saturated rings. The zero-order valence-electron chi connectivity index (χ0n) is 14.1. The largest absolute Gasteiger partial charge is 0.337 e. The molecule has 0 aliphatic carbocycles. The van der Waals surface area contributed by atoms with Crippen LogP contribution in [0.4, 0.5) is 5.69 Å². The summed E-state index contributed by atoms with van der Waals surface area (Å²) < 4.78 is 2.52. The molecule has 0 unspecified atom stereocenters. The number of fused-ring (bicyclic) bond motifs is 1. The quantitative estimate of drug-likeness (QED) is 0.537. The number of aromatic nitrogens is 4. The van der Waals surface area contributed by atoms with Gasteiger partial charge in [0.15, 0.2) is 5.65 Å². The summed E-state index contributed by atoms with van der Waals surface area (Å²) in [5.41, 5.74) is 3.06. The van der Waals surface area contributed by atoms with Gasteiger partial charge >= 0.3 is 5.69 Å². The van der Waals surface area contributed by atoms with Gasteiger partial charge in [0.25, 0.3) is 5.56 Å². The van der Waals surface area contributed by atoms with E-state index in [-0.39, 0.29) is 12.2 Å². The van der Waals surface area contributed by atoms with Gasteiger partial charge in [0.1, 0.15) is 0 Å². The van der Waals surface area contributed by atoms with Crippen molar-refractivity contribution in [3.05, 3.63) is 93.5 Å². The Morgan fingerprint density at radius 1 is 1.00 bits per heavy atom. The highest BCUT2D eigenvalue weighted by Crippen LogP contribution is 2.16. The van der Waals surface area contributed by atoms with Gasteiger partial charge in [-0.1, -0.05) is 6.07 Å². The van der Waals surface area contributed by atoms with E-state index in [4.69, 9.17) is 0 Å². The van der Waals surface area contributed by atoms with E-state index >= 15 is 0 Å². The molecule has 4 rings (SSSR count). The van der Waals surface area contributed by atoms with Crippen molar-refractivity contribution in [1.82, 2.24) is 19.1 Å². The average molecular weight is 361 g/mol. The van der Waals surface area contributed by atoms with Crippen LogP contribution in [-0.4, -0.2) is 24.3 Å². The van der Waals surface area contributed by atoms with Crippen molar-refractivity contribution >= 4 is 16.7 Å². The highest BCUT2D eigenvalue weighted by Gasteiger charge is 2.15. The number of hydrogen-bond acceptors (Lipinski definition) is 6. The van der Waals surface area contributed by atoms with E-state index < -0.39 is 11.2 Å². The van der Waals surface area contributed by atoms with Gasteiger partial charge in [-0.25, -0.2) is 14.3 Å². The molecule has 3 aromatic heterocycles. The van der Waals surface area contributed by atoms with Crippen molar-refractivity contribution in [2.75, 3.05) is 5.48 Å². The van der Waals surface area contributed by atoms with Gasteiger partial charge < -0.3 is 0 Å². The lowest BCUT2D eigenvalue weighted by Gasteiger charge is -2.14. The molecule has 134 valence electrons. The number of anilines is 1. The monoisotopic (exact) mass is 361 g/mol. The molecule has 0 saturated heterocycles. The smallest absolute Gasteiger partial charge is 0.291 e. The van der Waals surface area contributed by atoms with Crippen molar-refractivity contribution in [3.8, 4) is 5.69 Å². The van der Waals surface area contributed by atoms with Gasteiger partial charge in [-0.2, -0.15) is 0 Å². The molecule has 8 nitrogen and oxygen atoms in total. The molecule has 2 N–H and O–H groups in total. The maximum absolute atomic E-state index is 13.2. The number of nitrogens with one attached hydrogen (secondary N) is 1. The summed E-state index contributed by atoms with van der Waals surface area (Å²) in [6.07, 6.45) is 4.74. The molecule has 0 atom stereocenters. The van der Waals surface area contributed by atoms with Gasteiger partial charge in [-0.3, -0.25) is 25.0 Å². The molecule has 1 aromatic carbocycles. The van der Waals surface area contributed by atoms with Crippen molar-refractivity contribution in [3.63, 3.8) is 0 Å². The summed E-state index contributed by atoms with van der Waals surface area (Å²) in [7, 11) is 0. The standard InChI is InChI=1S/C19H15N5O3/c25-18-16-5-2-8-21-17(16)24(15-4-1-3-14(11-15)22-27)19(26)23(18)12-13-6-9-20-10-7-13/h1-11,22,27H,12H2. The van der Waals surface area contributed by atoms with Crippen LogP contribution in [-0.2, 0) is 6.54 Å². The summed E-state index contributed by atoms with van der Waals surface area (Å²) in [4.78, 5) is 34.3. The van der Waals surface area contributed by atoms with Crippen molar-refractivity contribution in [2.24, 2.45) is 0 Å². The van der Waals surface area contributed by atoms with Crippen LogP contribution in [0.15, 0.2) is 76.7 Å². The van der Waals surface area contributed by atoms with Crippen LogP contribution in [0.2, 0.25) is 0 Å². The Labute approximate surface area is 153 Å². The van der Waals surface area contributed by atoms with Gasteiger partial charge in [-0.15, -0.1) is 0 Å². The first-order valence-corrected chi connectivity index (χ1v) is 8.19. The van der Waals surface area contributed by atoms with Gasteiger partial charge in [0.2, 0.25) is 0 Å². The third kappa shape index (κ3) is 2.98. The third-order valence-corrected chi connectivity index (χ3v) is 4.22. The minimum Gasteiger partial charge on any atom is -0.291 e. The molecule has 0 aliphatic rings. The summed E-state index contributed by atoms with van der Waals surface area (Å²) >= 11 is 0. The third-order valence-electron chi connectivity index (χ3n) is 4.22. The topological polar surface area (TPSA) is 102 Å². The number of hydrogen-bond donors (Lipinski definition) is 2. The van der Waals surface area contributed by atoms with Crippen LogP contribution in [0.3, 0.4) is 0 Å². The first-order chi connectivity index (χ1) is 13.2. The zero-order valence-corrected chi connectivity index (χ0v) is 14.1. The van der Waals surface area contributed by atoms with E-state index in [0.717, 1.165) is 5.56 Å². The van der Waals surface area contributed by atoms with E-state index in [9.17, 15) is 14.8 Å². The van der Waals surface area contributed by atoms with Gasteiger partial charge in [0, 0.05) is 18.6 Å². The Hall–Kier alpha value is -3.78. The molecule has 0 radical (unpaired) electrons. The predicted octanol–water partition coefficient (Wildman–Crippen LogP) is 1.79. The highest BCUT2D eigenvalue weighted by atomic mass is 16.5. The maximum atomic E-state index is 13.2. The molecule has 0 spiro atoms. The van der Waals surface area contributed by atoms with Crippen LogP contribution < -0.4 is 16.7 Å². The Bertz CT molecular complexity index is 1230. The van der Waals surface area contributed by atoms with Crippen molar-refractivity contribution in [1.29, 1.82) is 0 Å². The summed E-state index contributed by atoms with van der Waals surface area (Å²) in [5, 5.41) is 9.50. The molecule has 0 amide bonds. The molecule has 8 heteroatoms. The van der Waals surface area contributed by atoms with E-state index in [1.165, 1.54) is 15.3 Å². The lowest BCUT2D eigenvalue weighted by molar-refractivity contribution is 0.389. The van der Waals surface area contributed by atoms with Crippen molar-refractivity contribution < 1.29 is 5.21 Å². The minimum atomic E-state index is -0.516. The summed E-state index contributed by atoms with van der Waals surface area (Å²) in [5.74, 6) is 0. The fraction of sp³-hybridized carbons (Fsp3) is 0.0526. The molecule has 0 aliphatic heterocycles. The Morgan fingerprint density at radius 2 is 1.81 bits per heavy atom. The number of pyridine rings is 2.